The van der Waals surface area contributed by atoms with Gasteiger partial charge >= 0.3 is 0 Å². The molecule has 0 nitrogen and oxygen atoms in total. The van der Waals surface area contributed by atoms with E-state index in [1.807, 2.05) is 0 Å². The summed E-state index contributed by atoms with van der Waals surface area (Å²) in [7, 11) is 0. The number of hydrogen-bond acceptors (Lipinski definition) is 0. The van der Waals surface area contributed by atoms with Crippen LogP contribution in [0.2, 0.25) is 0 Å². The smallest absolute Gasteiger partial charge is 0.0271 e. The number of rotatable bonds is 2. The van der Waals surface area contributed by atoms with E-state index in [1.54, 1.807) is 0 Å². The third-order valence-electron chi connectivity index (χ3n) is 3.98. The van der Waals surface area contributed by atoms with Crippen molar-refractivity contribution in [2.24, 2.45) is 5.41 Å². The zero-order valence-corrected chi connectivity index (χ0v) is 13.0. The van der Waals surface area contributed by atoms with Crippen LogP contribution in [0.4, 0.5) is 0 Å². The van der Waals surface area contributed by atoms with Gasteiger partial charge in [0.1, 0.15) is 0 Å². The molecule has 0 atom stereocenters. The molecule has 0 N–H and O–H groups in total. The van der Waals surface area contributed by atoms with Crippen LogP contribution < -0.4 is 0 Å². The molecule has 1 rings (SSSR count). The molecule has 1 fully saturated rings. The van der Waals surface area contributed by atoms with Gasteiger partial charge in [0.25, 0.3) is 0 Å². The molecular formula is C12H22Br2. The van der Waals surface area contributed by atoms with Crippen LogP contribution in [0.25, 0.3) is 0 Å². The van der Waals surface area contributed by atoms with Gasteiger partial charge in [-0.1, -0.05) is 51.1 Å². The van der Waals surface area contributed by atoms with Crippen LogP contribution in [0.15, 0.2) is 0 Å². The van der Waals surface area contributed by atoms with Crippen molar-refractivity contribution in [1.29, 1.82) is 0 Å². The van der Waals surface area contributed by atoms with Crippen molar-refractivity contribution in [3.8, 4) is 0 Å². The van der Waals surface area contributed by atoms with Crippen LogP contribution in [-0.4, -0.2) is 8.65 Å². The summed E-state index contributed by atoms with van der Waals surface area (Å²) in [6.45, 7) is 9.28. The molecule has 84 valence electrons. The van der Waals surface area contributed by atoms with Gasteiger partial charge in [-0.25, -0.2) is 0 Å². The Labute approximate surface area is 105 Å². The van der Waals surface area contributed by atoms with Gasteiger partial charge in [0.2, 0.25) is 0 Å². The topological polar surface area (TPSA) is 0 Å². The first-order chi connectivity index (χ1) is 6.21. The maximum absolute atomic E-state index is 3.90. The maximum Gasteiger partial charge on any atom is 0.0271 e. The highest BCUT2D eigenvalue weighted by atomic mass is 79.9. The van der Waals surface area contributed by atoms with Gasteiger partial charge in [-0.2, -0.15) is 0 Å². The van der Waals surface area contributed by atoms with Gasteiger partial charge in [0, 0.05) is 8.65 Å². The van der Waals surface area contributed by atoms with Gasteiger partial charge in [-0.3, -0.25) is 0 Å². The molecule has 0 saturated heterocycles. The molecular weight excluding hydrogens is 304 g/mol. The summed E-state index contributed by atoms with van der Waals surface area (Å²) >= 11 is 7.81. The zero-order valence-electron chi connectivity index (χ0n) is 9.79. The Kier molecular flexibility index (Phi) is 3.80. The second-order valence-electron chi connectivity index (χ2n) is 5.59. The second-order valence-corrected chi connectivity index (χ2v) is 9.55. The lowest BCUT2D eigenvalue weighted by molar-refractivity contribution is 0.106. The Morgan fingerprint density at radius 1 is 0.786 bits per heavy atom. The normalized spacial score (nSPS) is 23.6. The highest BCUT2D eigenvalue weighted by Crippen LogP contribution is 2.58. The summed E-state index contributed by atoms with van der Waals surface area (Å²) < 4.78 is 0.431. The number of hydrogen-bond donors (Lipinski definition) is 0. The Morgan fingerprint density at radius 3 is 1.36 bits per heavy atom. The van der Waals surface area contributed by atoms with E-state index in [4.69, 9.17) is 0 Å². The fourth-order valence-electron chi connectivity index (χ4n) is 3.05. The fourth-order valence-corrected chi connectivity index (χ4v) is 5.10. The molecule has 0 spiro atoms. The average molecular weight is 326 g/mol. The molecule has 0 bridgehead atoms. The molecule has 0 unspecified atom stereocenters. The van der Waals surface area contributed by atoms with Crippen LogP contribution in [0.3, 0.4) is 0 Å². The van der Waals surface area contributed by atoms with Gasteiger partial charge in [0.15, 0.2) is 0 Å². The predicted octanol–water partition coefficient (Wildman–Crippen LogP) is 5.28. The van der Waals surface area contributed by atoms with Crippen LogP contribution >= 0.6 is 31.9 Å². The summed E-state index contributed by atoms with van der Waals surface area (Å²) in [5.41, 5.74) is 0.387. The highest BCUT2D eigenvalue weighted by Gasteiger charge is 2.52. The van der Waals surface area contributed by atoms with Crippen molar-refractivity contribution in [2.75, 3.05) is 0 Å². The van der Waals surface area contributed by atoms with E-state index in [0.29, 0.717) is 5.41 Å². The van der Waals surface area contributed by atoms with E-state index in [1.165, 1.54) is 32.1 Å². The molecule has 14 heavy (non-hydrogen) atoms. The van der Waals surface area contributed by atoms with Crippen molar-refractivity contribution in [3.63, 3.8) is 0 Å². The minimum absolute atomic E-state index is 0.216. The lowest BCUT2D eigenvalue weighted by Crippen LogP contribution is -2.52. The molecule has 0 radical (unpaired) electrons. The highest BCUT2D eigenvalue weighted by molar-refractivity contribution is 9.10. The van der Waals surface area contributed by atoms with Crippen molar-refractivity contribution < 1.29 is 0 Å². The molecule has 0 heterocycles. The minimum Gasteiger partial charge on any atom is -0.0853 e. The quantitative estimate of drug-likeness (QED) is 0.605. The van der Waals surface area contributed by atoms with Crippen molar-refractivity contribution in [3.05, 3.63) is 0 Å². The zero-order chi connectivity index (χ0) is 11.0. The number of halogens is 2. The Balaban J connectivity index is 3.01. The first-order valence-corrected chi connectivity index (χ1v) is 7.17. The SMILES string of the molecule is CC(C)(Br)C1(C(C)(C)Br)CCCCC1. The van der Waals surface area contributed by atoms with E-state index < -0.39 is 0 Å². The van der Waals surface area contributed by atoms with Crippen LogP contribution in [0, 0.1) is 5.41 Å². The minimum atomic E-state index is 0.216. The predicted molar refractivity (Wildman–Crippen MR) is 71.5 cm³/mol. The molecule has 0 aliphatic heterocycles. The van der Waals surface area contributed by atoms with E-state index in [0.717, 1.165) is 0 Å². The first kappa shape index (κ1) is 13.0. The van der Waals surface area contributed by atoms with Crippen molar-refractivity contribution in [2.45, 2.75) is 68.4 Å². The van der Waals surface area contributed by atoms with E-state index >= 15 is 0 Å². The summed E-state index contributed by atoms with van der Waals surface area (Å²) in [5.74, 6) is 0. The molecule has 0 aromatic heterocycles. The largest absolute Gasteiger partial charge is 0.0853 e. The van der Waals surface area contributed by atoms with E-state index in [9.17, 15) is 0 Å². The van der Waals surface area contributed by atoms with Crippen LogP contribution in [0.5, 0.6) is 0 Å². The Hall–Kier alpha value is 0.960. The van der Waals surface area contributed by atoms with Crippen molar-refractivity contribution >= 4 is 31.9 Å². The van der Waals surface area contributed by atoms with Crippen LogP contribution in [-0.2, 0) is 0 Å². The van der Waals surface area contributed by atoms with Gasteiger partial charge in [-0.15, -0.1) is 0 Å². The summed E-state index contributed by atoms with van der Waals surface area (Å²) in [4.78, 5) is 0. The fraction of sp³-hybridized carbons (Fsp3) is 1.00. The molecule has 2 heteroatoms. The molecule has 0 aromatic carbocycles. The first-order valence-electron chi connectivity index (χ1n) is 5.59. The lowest BCUT2D eigenvalue weighted by atomic mass is 9.60. The molecule has 1 aliphatic carbocycles. The Bertz CT molecular complexity index is 173. The third-order valence-corrected chi connectivity index (χ3v) is 5.50. The maximum atomic E-state index is 3.90. The van der Waals surface area contributed by atoms with E-state index in [-0.39, 0.29) is 8.65 Å². The van der Waals surface area contributed by atoms with Crippen molar-refractivity contribution in [1.82, 2.24) is 0 Å². The summed E-state index contributed by atoms with van der Waals surface area (Å²) in [6, 6.07) is 0. The van der Waals surface area contributed by atoms with Gasteiger partial charge in [-0.05, 0) is 46.0 Å². The van der Waals surface area contributed by atoms with E-state index in [2.05, 4.69) is 59.6 Å². The van der Waals surface area contributed by atoms with Gasteiger partial charge < -0.3 is 0 Å². The molecule has 0 amide bonds. The lowest BCUT2D eigenvalue weighted by Gasteiger charge is -2.53. The molecule has 1 saturated carbocycles. The van der Waals surface area contributed by atoms with Crippen LogP contribution in [0.1, 0.15) is 59.8 Å². The Morgan fingerprint density at radius 2 is 1.14 bits per heavy atom. The third kappa shape index (κ3) is 2.21. The molecule has 1 aliphatic rings. The second kappa shape index (κ2) is 4.08. The monoisotopic (exact) mass is 324 g/mol. The van der Waals surface area contributed by atoms with Gasteiger partial charge in [0.05, 0.1) is 0 Å². The number of alkyl halides is 2. The average Bonchev–Trinajstić information content (AvgIpc) is 2.02. The standard InChI is InChI=1S/C12H22Br2/c1-10(2,13)12(11(3,4)14)8-6-5-7-9-12/h5-9H2,1-4H3. The summed E-state index contributed by atoms with van der Waals surface area (Å²) in [5, 5.41) is 0. The summed E-state index contributed by atoms with van der Waals surface area (Å²) in [6.07, 6.45) is 6.84. The molecule has 0 aromatic rings.